The molecule has 2 fully saturated rings. The van der Waals surface area contributed by atoms with E-state index >= 15 is 0 Å². The molecule has 2 rings (SSSR count). The van der Waals surface area contributed by atoms with Gasteiger partial charge < -0.3 is 24.7 Å². The van der Waals surface area contributed by atoms with Gasteiger partial charge in [-0.1, -0.05) is 6.42 Å². The lowest BCUT2D eigenvalue weighted by Gasteiger charge is -2.25. The van der Waals surface area contributed by atoms with Crippen molar-refractivity contribution in [1.82, 2.24) is 5.32 Å². The Morgan fingerprint density at radius 3 is 2.76 bits per heavy atom. The Kier molecular flexibility index (Phi) is 4.51. The Hall–Kier alpha value is -1.63. The Labute approximate surface area is 123 Å². The topological polar surface area (TPSA) is 106 Å². The van der Waals surface area contributed by atoms with Gasteiger partial charge in [0.1, 0.15) is 6.04 Å². The van der Waals surface area contributed by atoms with E-state index in [1.807, 2.05) is 0 Å². The fourth-order valence-electron chi connectivity index (χ4n) is 3.11. The van der Waals surface area contributed by atoms with Crippen LogP contribution in [0.1, 0.15) is 33.1 Å². The number of carboxylic acids is 1. The van der Waals surface area contributed by atoms with E-state index in [1.165, 1.54) is 0 Å². The molecule has 7 heteroatoms. The fourth-order valence-corrected chi connectivity index (χ4v) is 3.11. The summed E-state index contributed by atoms with van der Waals surface area (Å²) in [7, 11) is 0. The highest BCUT2D eigenvalue weighted by molar-refractivity contribution is 6.29. The van der Waals surface area contributed by atoms with E-state index < -0.39 is 17.5 Å². The third kappa shape index (κ3) is 3.72. The molecule has 1 saturated heterocycles. The van der Waals surface area contributed by atoms with Gasteiger partial charge in [0.05, 0.1) is 0 Å². The van der Waals surface area contributed by atoms with Crippen LogP contribution in [0.3, 0.4) is 0 Å². The summed E-state index contributed by atoms with van der Waals surface area (Å²) >= 11 is 0. The van der Waals surface area contributed by atoms with Crippen LogP contribution in [0.5, 0.6) is 0 Å². The minimum atomic E-state index is -1.55. The molecule has 3 atom stereocenters. The molecule has 3 N–H and O–H groups in total. The standard InChI is InChI=1S/C14H21NO6/c1-14(2,7-20-13(19)11(16)17)21-12(18)10-9-5-3-4-8(9)6-15-10/h8-10,15H,3-7H2,1-2H3,(H,16,17)/p+1/t8-,9-,10-/m0/s1. The van der Waals surface area contributed by atoms with Gasteiger partial charge in [0.25, 0.3) is 0 Å². The summed E-state index contributed by atoms with van der Waals surface area (Å²) in [6.45, 7) is 3.84. The zero-order chi connectivity index (χ0) is 15.6. The van der Waals surface area contributed by atoms with Gasteiger partial charge in [0.2, 0.25) is 6.61 Å². The van der Waals surface area contributed by atoms with Crippen molar-refractivity contribution in [2.24, 2.45) is 11.8 Å². The fraction of sp³-hybridized carbons (Fsp3) is 0.786. The first-order valence-corrected chi connectivity index (χ1v) is 7.18. The number of hydrogen-bond acceptors (Lipinski definition) is 5. The van der Waals surface area contributed by atoms with E-state index in [-0.39, 0.29) is 18.6 Å². The third-order valence-electron chi connectivity index (χ3n) is 4.12. The maximum atomic E-state index is 12.3. The van der Waals surface area contributed by atoms with Crippen molar-refractivity contribution in [3.8, 4) is 0 Å². The average molecular weight is 300 g/mol. The first-order chi connectivity index (χ1) is 9.80. The molecule has 118 valence electrons. The van der Waals surface area contributed by atoms with E-state index in [4.69, 9.17) is 19.4 Å². The molecular formula is C14H22NO6+. The lowest BCUT2D eigenvalue weighted by atomic mass is 9.94. The number of esters is 2. The smallest absolute Gasteiger partial charge is 0.469 e. The molecule has 0 aromatic heterocycles. The van der Waals surface area contributed by atoms with Gasteiger partial charge in [-0.05, 0) is 45.1 Å². The summed E-state index contributed by atoms with van der Waals surface area (Å²) in [6.07, 6.45) is 3.33. The van der Waals surface area contributed by atoms with Gasteiger partial charge in [-0.15, -0.1) is 0 Å². The SMILES string of the molecule is CC(C)(COC(=[OH+])C(=O)O)OC(=O)[C@H]1NC[C@@H]2CCC[C@@H]21. The quantitative estimate of drug-likeness (QED) is 0.439. The summed E-state index contributed by atoms with van der Waals surface area (Å²) in [6, 6.07) is -0.297. The molecule has 0 radical (unpaired) electrons. The second-order valence-electron chi connectivity index (χ2n) is 6.32. The van der Waals surface area contributed by atoms with Crippen LogP contribution < -0.4 is 5.32 Å². The summed E-state index contributed by atoms with van der Waals surface area (Å²) in [4.78, 5) is 31.7. The number of carboxylic acid groups (broad SMARTS) is 1. The average Bonchev–Trinajstić information content (AvgIpc) is 2.97. The van der Waals surface area contributed by atoms with Gasteiger partial charge in [-0.2, -0.15) is 0 Å². The minimum Gasteiger partial charge on any atom is -0.469 e. The van der Waals surface area contributed by atoms with Crippen LogP contribution in [0.4, 0.5) is 0 Å². The summed E-state index contributed by atoms with van der Waals surface area (Å²) in [5, 5.41) is 11.7. The van der Waals surface area contributed by atoms with Crippen LogP contribution in [0.15, 0.2) is 0 Å². The minimum absolute atomic E-state index is 0.225. The number of carbonyl (C=O) groups is 2. The normalized spacial score (nSPS) is 28.0. The second-order valence-corrected chi connectivity index (χ2v) is 6.32. The van der Waals surface area contributed by atoms with Crippen LogP contribution >= 0.6 is 0 Å². The third-order valence-corrected chi connectivity index (χ3v) is 4.12. The van der Waals surface area contributed by atoms with Crippen molar-refractivity contribution in [2.45, 2.75) is 44.8 Å². The van der Waals surface area contributed by atoms with E-state index in [2.05, 4.69) is 5.32 Å². The highest BCUT2D eigenvalue weighted by atomic mass is 16.6. The maximum Gasteiger partial charge on any atom is 0.599 e. The number of carbonyl (C=O) groups excluding carboxylic acids is 2. The zero-order valence-corrected chi connectivity index (χ0v) is 12.3. The van der Waals surface area contributed by atoms with Crippen LogP contribution in [-0.2, 0) is 19.1 Å². The van der Waals surface area contributed by atoms with Crippen molar-refractivity contribution in [2.75, 3.05) is 13.2 Å². The molecule has 1 saturated carbocycles. The van der Waals surface area contributed by atoms with Gasteiger partial charge in [-0.3, -0.25) is 4.79 Å². The van der Waals surface area contributed by atoms with E-state index in [9.17, 15) is 9.59 Å². The Bertz CT molecular complexity index is 447. The van der Waals surface area contributed by atoms with Crippen molar-refractivity contribution >= 4 is 17.9 Å². The lowest BCUT2D eigenvalue weighted by Crippen LogP contribution is -2.44. The van der Waals surface area contributed by atoms with Crippen molar-refractivity contribution in [3.63, 3.8) is 0 Å². The van der Waals surface area contributed by atoms with Crippen molar-refractivity contribution in [1.29, 1.82) is 0 Å². The van der Waals surface area contributed by atoms with Crippen molar-refractivity contribution in [3.05, 3.63) is 0 Å². The van der Waals surface area contributed by atoms with Gasteiger partial charge in [0, 0.05) is 0 Å². The van der Waals surface area contributed by atoms with Crippen LogP contribution in [0, 0.1) is 11.8 Å². The Morgan fingerprint density at radius 2 is 2.10 bits per heavy atom. The highest BCUT2D eigenvalue weighted by Crippen LogP contribution is 2.38. The van der Waals surface area contributed by atoms with E-state index in [0.717, 1.165) is 25.8 Å². The number of hydrogen-bond donors (Lipinski definition) is 2. The Morgan fingerprint density at radius 1 is 1.38 bits per heavy atom. The molecule has 0 aromatic carbocycles. The molecule has 1 aliphatic heterocycles. The largest absolute Gasteiger partial charge is 0.599 e. The number of aliphatic carboxylic acids is 1. The predicted molar refractivity (Wildman–Crippen MR) is 73.3 cm³/mol. The molecule has 7 nitrogen and oxygen atoms in total. The predicted octanol–water partition coefficient (Wildman–Crippen LogP) is 0.300. The van der Waals surface area contributed by atoms with Gasteiger partial charge in [-0.25, -0.2) is 4.79 Å². The van der Waals surface area contributed by atoms with Crippen molar-refractivity contribution < 1.29 is 29.0 Å². The molecule has 21 heavy (non-hydrogen) atoms. The second kappa shape index (κ2) is 6.01. The van der Waals surface area contributed by atoms with Crippen LogP contribution in [0.2, 0.25) is 0 Å². The zero-order valence-electron chi connectivity index (χ0n) is 12.3. The molecule has 0 bridgehead atoms. The highest BCUT2D eigenvalue weighted by Gasteiger charge is 2.45. The summed E-state index contributed by atoms with van der Waals surface area (Å²) in [5.41, 5.74) is -1.01. The number of nitrogens with one attached hydrogen (secondary N) is 1. The number of rotatable bonds is 4. The molecule has 0 amide bonds. The van der Waals surface area contributed by atoms with Gasteiger partial charge in [0.15, 0.2) is 5.60 Å². The molecule has 2 aliphatic rings. The molecule has 0 aromatic rings. The monoisotopic (exact) mass is 300 g/mol. The number of ether oxygens (including phenoxy) is 2. The summed E-state index contributed by atoms with van der Waals surface area (Å²) < 4.78 is 10.1. The number of fused-ring (bicyclic) bond motifs is 1. The van der Waals surface area contributed by atoms with Crippen LogP contribution in [0.25, 0.3) is 0 Å². The van der Waals surface area contributed by atoms with Gasteiger partial charge >= 0.3 is 17.9 Å². The lowest BCUT2D eigenvalue weighted by molar-refractivity contribution is -0.163. The van der Waals surface area contributed by atoms with E-state index in [1.54, 1.807) is 13.8 Å². The molecule has 1 heterocycles. The first-order valence-electron chi connectivity index (χ1n) is 7.18. The molecule has 0 unspecified atom stereocenters. The molecule has 0 spiro atoms. The van der Waals surface area contributed by atoms with E-state index in [0.29, 0.717) is 11.8 Å². The molecular weight excluding hydrogens is 278 g/mol. The van der Waals surface area contributed by atoms with Crippen LogP contribution in [-0.4, -0.2) is 52.6 Å². The summed E-state index contributed by atoms with van der Waals surface area (Å²) in [5.74, 6) is -2.12. The first kappa shape index (κ1) is 15.8. The molecule has 1 aliphatic carbocycles. The Balaban J connectivity index is 1.86. The maximum absolute atomic E-state index is 12.3.